The number of hydrogen-bond donors (Lipinski definition) is 1. The number of benzene rings is 1. The molecule has 1 aromatic rings. The highest BCUT2D eigenvalue weighted by Gasteiger charge is 2.18. The van der Waals surface area contributed by atoms with E-state index < -0.39 is 12.1 Å². The van der Waals surface area contributed by atoms with Crippen LogP contribution in [-0.2, 0) is 9.53 Å². The Balaban J connectivity index is 2.64. The molecule has 0 saturated carbocycles. The first-order valence-corrected chi connectivity index (χ1v) is 5.65. The van der Waals surface area contributed by atoms with Crippen LogP contribution in [0.3, 0.4) is 0 Å². The van der Waals surface area contributed by atoms with Gasteiger partial charge in [-0.25, -0.2) is 4.79 Å². The minimum Gasteiger partial charge on any atom is -0.490 e. The van der Waals surface area contributed by atoms with Crippen molar-refractivity contribution < 1.29 is 19.4 Å². The van der Waals surface area contributed by atoms with Crippen molar-refractivity contribution in [3.05, 3.63) is 28.8 Å². The predicted molar refractivity (Wildman–Crippen MR) is 64.7 cm³/mol. The Hall–Kier alpha value is -1.26. The minimum atomic E-state index is -1.04. The molecule has 0 bridgehead atoms. The van der Waals surface area contributed by atoms with Crippen molar-refractivity contribution in [2.75, 3.05) is 13.2 Å². The molecule has 1 N–H and O–H groups in total. The molecule has 4 nitrogen and oxygen atoms in total. The second kappa shape index (κ2) is 6.47. The number of rotatable bonds is 6. The van der Waals surface area contributed by atoms with Crippen LogP contribution in [0.25, 0.3) is 0 Å². The van der Waals surface area contributed by atoms with Crippen LogP contribution in [0.5, 0.6) is 5.75 Å². The summed E-state index contributed by atoms with van der Waals surface area (Å²) in [5, 5.41) is 9.43. The topological polar surface area (TPSA) is 55.8 Å². The maximum Gasteiger partial charge on any atom is 0.336 e. The lowest BCUT2D eigenvalue weighted by Crippen LogP contribution is -2.30. The van der Waals surface area contributed by atoms with E-state index in [4.69, 9.17) is 26.2 Å². The molecule has 0 saturated heterocycles. The van der Waals surface area contributed by atoms with Crippen LogP contribution >= 0.6 is 11.6 Å². The van der Waals surface area contributed by atoms with Gasteiger partial charge >= 0.3 is 5.97 Å². The molecule has 0 aliphatic heterocycles. The molecule has 0 amide bonds. The molecular formula is C12H15ClO4. The van der Waals surface area contributed by atoms with Crippen molar-refractivity contribution >= 4 is 17.6 Å². The van der Waals surface area contributed by atoms with Gasteiger partial charge in [0.15, 0.2) is 6.10 Å². The van der Waals surface area contributed by atoms with Gasteiger partial charge in [0, 0.05) is 11.6 Å². The second-order valence-electron chi connectivity index (χ2n) is 3.50. The van der Waals surface area contributed by atoms with Gasteiger partial charge in [0.1, 0.15) is 12.4 Å². The number of aliphatic carboxylic acids is 1. The number of hydrogen-bond acceptors (Lipinski definition) is 3. The van der Waals surface area contributed by atoms with E-state index in [1.54, 1.807) is 19.1 Å². The predicted octanol–water partition coefficient (Wildman–Crippen LogP) is 2.52. The molecule has 0 aliphatic rings. The Labute approximate surface area is 105 Å². The summed E-state index contributed by atoms with van der Waals surface area (Å²) in [7, 11) is 0. The third kappa shape index (κ3) is 4.24. The fourth-order valence-corrected chi connectivity index (χ4v) is 1.45. The number of aryl methyl sites for hydroxylation is 1. The molecule has 94 valence electrons. The number of halogens is 1. The fourth-order valence-electron chi connectivity index (χ4n) is 1.29. The molecular weight excluding hydrogens is 244 g/mol. The van der Waals surface area contributed by atoms with Gasteiger partial charge in [-0.1, -0.05) is 17.7 Å². The first-order chi connectivity index (χ1) is 8.04. The standard InChI is InChI=1S/C12H15ClO4/c1-3-16-11(12(14)15)7-17-10-6-9(13)5-4-8(10)2/h4-6,11H,3,7H2,1-2H3,(H,14,15). The van der Waals surface area contributed by atoms with E-state index in [1.807, 2.05) is 13.0 Å². The molecule has 0 aromatic heterocycles. The van der Waals surface area contributed by atoms with E-state index in [2.05, 4.69) is 0 Å². The Morgan fingerprint density at radius 2 is 2.24 bits per heavy atom. The fraction of sp³-hybridized carbons (Fsp3) is 0.417. The van der Waals surface area contributed by atoms with Crippen molar-refractivity contribution in [1.29, 1.82) is 0 Å². The highest BCUT2D eigenvalue weighted by molar-refractivity contribution is 6.30. The van der Waals surface area contributed by atoms with E-state index >= 15 is 0 Å². The molecule has 0 heterocycles. The van der Waals surface area contributed by atoms with E-state index in [0.717, 1.165) is 5.56 Å². The van der Waals surface area contributed by atoms with E-state index in [1.165, 1.54) is 0 Å². The Morgan fingerprint density at radius 3 is 2.82 bits per heavy atom. The minimum absolute atomic E-state index is 0.0373. The van der Waals surface area contributed by atoms with Gasteiger partial charge in [-0.2, -0.15) is 0 Å². The smallest absolute Gasteiger partial charge is 0.336 e. The highest BCUT2D eigenvalue weighted by Crippen LogP contribution is 2.22. The molecule has 0 radical (unpaired) electrons. The number of carboxylic acid groups (broad SMARTS) is 1. The van der Waals surface area contributed by atoms with Gasteiger partial charge < -0.3 is 14.6 Å². The average Bonchev–Trinajstić information content (AvgIpc) is 2.28. The van der Waals surface area contributed by atoms with Crippen molar-refractivity contribution in [2.24, 2.45) is 0 Å². The average molecular weight is 259 g/mol. The molecule has 5 heteroatoms. The summed E-state index contributed by atoms with van der Waals surface area (Å²) in [6.07, 6.45) is -0.960. The summed E-state index contributed by atoms with van der Waals surface area (Å²) in [5.74, 6) is -0.463. The monoisotopic (exact) mass is 258 g/mol. The van der Waals surface area contributed by atoms with E-state index in [0.29, 0.717) is 17.4 Å². The second-order valence-corrected chi connectivity index (χ2v) is 3.94. The van der Waals surface area contributed by atoms with Gasteiger partial charge in [-0.3, -0.25) is 0 Å². The van der Waals surface area contributed by atoms with Crippen LogP contribution in [0.2, 0.25) is 5.02 Å². The number of carbonyl (C=O) groups is 1. The molecule has 1 aromatic carbocycles. The maximum absolute atomic E-state index is 10.8. The summed E-state index contributed by atoms with van der Waals surface area (Å²) in [4.78, 5) is 10.8. The molecule has 1 rings (SSSR count). The Bertz CT molecular complexity index is 392. The molecule has 0 fully saturated rings. The van der Waals surface area contributed by atoms with Gasteiger partial charge in [0.25, 0.3) is 0 Å². The summed E-state index contributed by atoms with van der Waals surface area (Å²) in [6, 6.07) is 5.22. The zero-order valence-corrected chi connectivity index (χ0v) is 10.5. The quantitative estimate of drug-likeness (QED) is 0.852. The van der Waals surface area contributed by atoms with Gasteiger partial charge in [-0.05, 0) is 31.5 Å². The van der Waals surface area contributed by atoms with Crippen molar-refractivity contribution in [2.45, 2.75) is 20.0 Å². The molecule has 0 aliphatic carbocycles. The van der Waals surface area contributed by atoms with Gasteiger partial charge in [0.2, 0.25) is 0 Å². The normalized spacial score (nSPS) is 12.2. The van der Waals surface area contributed by atoms with Crippen molar-refractivity contribution in [3.63, 3.8) is 0 Å². The molecule has 1 atom stereocenters. The third-order valence-electron chi connectivity index (χ3n) is 2.18. The van der Waals surface area contributed by atoms with Gasteiger partial charge in [-0.15, -0.1) is 0 Å². The lowest BCUT2D eigenvalue weighted by molar-refractivity contribution is -0.152. The summed E-state index contributed by atoms with van der Waals surface area (Å²) in [6.45, 7) is 3.89. The van der Waals surface area contributed by atoms with Gasteiger partial charge in [0.05, 0.1) is 0 Å². The first kappa shape index (κ1) is 13.8. The summed E-state index contributed by atoms with van der Waals surface area (Å²) in [5.41, 5.74) is 0.898. The maximum atomic E-state index is 10.8. The molecule has 17 heavy (non-hydrogen) atoms. The first-order valence-electron chi connectivity index (χ1n) is 5.28. The highest BCUT2D eigenvalue weighted by atomic mass is 35.5. The van der Waals surface area contributed by atoms with Crippen LogP contribution in [0.15, 0.2) is 18.2 Å². The third-order valence-corrected chi connectivity index (χ3v) is 2.42. The SMILES string of the molecule is CCOC(COc1cc(Cl)ccc1C)C(=O)O. The van der Waals surface area contributed by atoms with Crippen LogP contribution in [0.4, 0.5) is 0 Å². The van der Waals surface area contributed by atoms with Crippen LogP contribution in [0, 0.1) is 6.92 Å². The zero-order chi connectivity index (χ0) is 12.8. The van der Waals surface area contributed by atoms with Crippen molar-refractivity contribution in [3.8, 4) is 5.75 Å². The van der Waals surface area contributed by atoms with Crippen molar-refractivity contribution in [1.82, 2.24) is 0 Å². The molecule has 0 spiro atoms. The van der Waals surface area contributed by atoms with Crippen LogP contribution < -0.4 is 4.74 Å². The summed E-state index contributed by atoms with van der Waals surface area (Å²) < 4.78 is 10.4. The zero-order valence-electron chi connectivity index (χ0n) is 9.77. The number of carboxylic acids is 1. The summed E-state index contributed by atoms with van der Waals surface area (Å²) >= 11 is 5.83. The van der Waals surface area contributed by atoms with E-state index in [9.17, 15) is 4.79 Å². The lowest BCUT2D eigenvalue weighted by Gasteiger charge is -2.15. The Morgan fingerprint density at radius 1 is 1.53 bits per heavy atom. The van der Waals surface area contributed by atoms with Crippen LogP contribution in [-0.4, -0.2) is 30.4 Å². The van der Waals surface area contributed by atoms with Crippen LogP contribution in [0.1, 0.15) is 12.5 Å². The molecule has 1 unspecified atom stereocenters. The lowest BCUT2D eigenvalue weighted by atomic mass is 10.2. The largest absolute Gasteiger partial charge is 0.490 e. The number of ether oxygens (including phenoxy) is 2. The Kier molecular flexibility index (Phi) is 5.25. The van der Waals surface area contributed by atoms with E-state index in [-0.39, 0.29) is 6.61 Å².